The summed E-state index contributed by atoms with van der Waals surface area (Å²) >= 11 is 6.32. The molecule has 172 valence electrons. The van der Waals surface area contributed by atoms with Crippen LogP contribution in [-0.2, 0) is 17.9 Å². The topological polar surface area (TPSA) is 110 Å². The van der Waals surface area contributed by atoms with Crippen LogP contribution in [0.2, 0.25) is 5.02 Å². The summed E-state index contributed by atoms with van der Waals surface area (Å²) in [6.45, 7) is 1.41. The summed E-state index contributed by atoms with van der Waals surface area (Å²) in [7, 11) is 0. The van der Waals surface area contributed by atoms with E-state index in [0.29, 0.717) is 18.9 Å². The van der Waals surface area contributed by atoms with E-state index in [1.807, 2.05) is 47.4 Å². The number of anilines is 2. The lowest BCUT2D eigenvalue weighted by molar-refractivity contribution is -0.129. The molecule has 0 unspecified atom stereocenters. The Balaban J connectivity index is 1.33. The number of carbonyl (C=O) groups excluding carboxylic acids is 1. The molecule has 4 rings (SSSR count). The molecule has 0 fully saturated rings. The zero-order chi connectivity index (χ0) is 23.0. The largest absolute Gasteiger partial charge is 0.328 e. The number of nitrogens with zero attached hydrogens (tertiary/aromatic N) is 5. The molecule has 3 N–H and O–H groups in total. The molecule has 1 aromatic carbocycles. The molecule has 0 aliphatic heterocycles. The van der Waals surface area contributed by atoms with Gasteiger partial charge in [-0.3, -0.25) is 14.7 Å². The number of rotatable bonds is 11. The highest BCUT2D eigenvalue weighted by atomic mass is 35.5. The predicted octanol–water partition coefficient (Wildman–Crippen LogP) is 4.53. The van der Waals surface area contributed by atoms with E-state index in [-0.39, 0.29) is 5.91 Å². The number of benzene rings is 1. The van der Waals surface area contributed by atoms with Gasteiger partial charge in [0.1, 0.15) is 5.65 Å². The van der Waals surface area contributed by atoms with Crippen LogP contribution in [0.1, 0.15) is 37.7 Å². The fraction of sp³-hybridized carbons (Fsp3) is 0.304. The van der Waals surface area contributed by atoms with Crippen molar-refractivity contribution in [1.29, 1.82) is 0 Å². The molecule has 3 aromatic heterocycles. The lowest BCUT2D eigenvalue weighted by Crippen LogP contribution is -2.17. The number of aryl methyl sites for hydroxylation is 1. The monoisotopic (exact) mass is 467 g/mol. The number of carbonyl (C=O) groups is 1. The number of unbranched alkanes of at least 4 members (excludes halogenated alkanes) is 3. The minimum Gasteiger partial charge on any atom is -0.328 e. The Kier molecular flexibility index (Phi) is 7.54. The van der Waals surface area contributed by atoms with Crippen LogP contribution in [0.25, 0.3) is 11.0 Å². The Bertz CT molecular complexity index is 1220. The lowest BCUT2D eigenvalue weighted by Gasteiger charge is -2.08. The molecule has 9 nitrogen and oxygen atoms in total. The van der Waals surface area contributed by atoms with E-state index in [9.17, 15) is 4.79 Å². The Morgan fingerprint density at radius 1 is 1.09 bits per heavy atom. The highest BCUT2D eigenvalue weighted by molar-refractivity contribution is 6.31. The van der Waals surface area contributed by atoms with E-state index in [1.165, 1.54) is 0 Å². The molecule has 0 radical (unpaired) electrons. The molecule has 4 aromatic rings. The molecular formula is C23H26ClN7O2. The fourth-order valence-electron chi connectivity index (χ4n) is 3.62. The minimum atomic E-state index is -0.339. The normalized spacial score (nSPS) is 11.1. The van der Waals surface area contributed by atoms with Gasteiger partial charge in [-0.25, -0.2) is 10.5 Å². The van der Waals surface area contributed by atoms with E-state index in [4.69, 9.17) is 21.8 Å². The second kappa shape index (κ2) is 10.9. The van der Waals surface area contributed by atoms with Crippen molar-refractivity contribution in [3.63, 3.8) is 0 Å². The third-order valence-corrected chi connectivity index (χ3v) is 5.72. The quantitative estimate of drug-likeness (QED) is 0.170. The van der Waals surface area contributed by atoms with Crippen molar-refractivity contribution in [3.05, 3.63) is 65.7 Å². The number of aromatic nitrogens is 5. The Morgan fingerprint density at radius 2 is 1.94 bits per heavy atom. The predicted molar refractivity (Wildman–Crippen MR) is 127 cm³/mol. The number of hydroxylamine groups is 1. The summed E-state index contributed by atoms with van der Waals surface area (Å²) in [5.74, 6) is 0.164. The maximum atomic E-state index is 11.0. The van der Waals surface area contributed by atoms with Crippen LogP contribution in [0.5, 0.6) is 0 Å². The number of fused-ring (bicyclic) bond motifs is 1. The lowest BCUT2D eigenvalue weighted by atomic mass is 10.1. The first-order valence-electron chi connectivity index (χ1n) is 10.9. The first kappa shape index (κ1) is 22.8. The molecule has 0 atom stereocenters. The minimum absolute atomic E-state index is 0.339. The van der Waals surface area contributed by atoms with E-state index in [2.05, 4.69) is 20.0 Å². The average Bonchev–Trinajstić information content (AvgIpc) is 3.44. The summed E-state index contributed by atoms with van der Waals surface area (Å²) in [5.41, 5.74) is 4.33. The van der Waals surface area contributed by atoms with Gasteiger partial charge < -0.3 is 9.88 Å². The molecule has 1 amide bonds. The van der Waals surface area contributed by atoms with Crippen molar-refractivity contribution >= 4 is 40.2 Å². The third-order valence-electron chi connectivity index (χ3n) is 5.36. The Labute approximate surface area is 196 Å². The van der Waals surface area contributed by atoms with Gasteiger partial charge in [0.15, 0.2) is 0 Å². The standard InChI is InChI=1S/C23H26ClN7O2/c24-20-8-5-4-7-18(20)15-30-12-10-17-13-25-23(28-22(17)30)27-19-14-26-31(16-19)11-6-2-1-3-9-21(32)29-33/h4-5,7-8,10,12-14,16,33H,1-3,6,9,11,15H2,(H,29,32)(H,25,27,28). The third kappa shape index (κ3) is 6.09. The summed E-state index contributed by atoms with van der Waals surface area (Å²) in [6, 6.07) is 9.78. The van der Waals surface area contributed by atoms with Gasteiger partial charge in [0.25, 0.3) is 0 Å². The maximum Gasteiger partial charge on any atom is 0.243 e. The van der Waals surface area contributed by atoms with E-state index in [1.54, 1.807) is 17.9 Å². The summed E-state index contributed by atoms with van der Waals surface area (Å²) in [6.07, 6.45) is 11.5. The van der Waals surface area contributed by atoms with Gasteiger partial charge >= 0.3 is 0 Å². The van der Waals surface area contributed by atoms with E-state index < -0.39 is 0 Å². The Hall–Kier alpha value is -3.43. The van der Waals surface area contributed by atoms with Crippen LogP contribution in [0.3, 0.4) is 0 Å². The van der Waals surface area contributed by atoms with Gasteiger partial charge in [-0.2, -0.15) is 10.1 Å². The maximum absolute atomic E-state index is 11.0. The second-order valence-electron chi connectivity index (χ2n) is 7.82. The van der Waals surface area contributed by atoms with Gasteiger partial charge in [0.05, 0.1) is 18.4 Å². The second-order valence-corrected chi connectivity index (χ2v) is 8.23. The van der Waals surface area contributed by atoms with Crippen molar-refractivity contribution in [2.75, 3.05) is 5.32 Å². The van der Waals surface area contributed by atoms with Crippen molar-refractivity contribution in [3.8, 4) is 0 Å². The van der Waals surface area contributed by atoms with Gasteiger partial charge in [-0.1, -0.05) is 42.6 Å². The summed E-state index contributed by atoms with van der Waals surface area (Å²) < 4.78 is 3.93. The van der Waals surface area contributed by atoms with Crippen molar-refractivity contribution < 1.29 is 10.0 Å². The smallest absolute Gasteiger partial charge is 0.243 e. The average molecular weight is 468 g/mol. The molecule has 0 aliphatic carbocycles. The molecule has 0 bridgehead atoms. The van der Waals surface area contributed by atoms with Crippen LogP contribution in [0.15, 0.2) is 55.1 Å². The molecule has 10 heteroatoms. The number of hydrogen-bond acceptors (Lipinski definition) is 6. The van der Waals surface area contributed by atoms with Crippen LogP contribution in [0.4, 0.5) is 11.6 Å². The van der Waals surface area contributed by atoms with Crippen molar-refractivity contribution in [2.45, 2.75) is 45.2 Å². The number of amides is 1. The van der Waals surface area contributed by atoms with Crippen molar-refractivity contribution in [2.24, 2.45) is 0 Å². The number of halogens is 1. The van der Waals surface area contributed by atoms with E-state index >= 15 is 0 Å². The molecule has 0 saturated carbocycles. The molecular weight excluding hydrogens is 442 g/mol. The van der Waals surface area contributed by atoms with Gasteiger partial charge in [0.2, 0.25) is 11.9 Å². The molecule has 33 heavy (non-hydrogen) atoms. The van der Waals surface area contributed by atoms with Crippen LogP contribution < -0.4 is 10.8 Å². The van der Waals surface area contributed by atoms with Gasteiger partial charge in [-0.15, -0.1) is 0 Å². The highest BCUT2D eigenvalue weighted by Gasteiger charge is 2.09. The SMILES string of the molecule is O=C(CCCCCCn1cc(Nc2ncc3ccn(Cc4ccccc4Cl)c3n2)cn1)NO. The molecule has 3 heterocycles. The van der Waals surface area contributed by atoms with Gasteiger partial charge in [0, 0.05) is 42.0 Å². The zero-order valence-electron chi connectivity index (χ0n) is 18.1. The highest BCUT2D eigenvalue weighted by Crippen LogP contribution is 2.21. The summed E-state index contributed by atoms with van der Waals surface area (Å²) in [5, 5.41) is 17.8. The molecule has 0 aliphatic rings. The first-order chi connectivity index (χ1) is 16.1. The van der Waals surface area contributed by atoms with Gasteiger partial charge in [-0.05, 0) is 30.5 Å². The Morgan fingerprint density at radius 3 is 2.79 bits per heavy atom. The van der Waals surface area contributed by atoms with E-state index in [0.717, 1.165) is 59.5 Å². The molecule has 0 spiro atoms. The molecule has 0 saturated heterocycles. The van der Waals surface area contributed by atoms with Crippen LogP contribution in [0, 0.1) is 0 Å². The number of nitrogens with one attached hydrogen (secondary N) is 2. The fourth-order valence-corrected chi connectivity index (χ4v) is 3.81. The summed E-state index contributed by atoms with van der Waals surface area (Å²) in [4.78, 5) is 20.1. The van der Waals surface area contributed by atoms with Crippen molar-refractivity contribution in [1.82, 2.24) is 29.8 Å². The van der Waals surface area contributed by atoms with Crippen LogP contribution >= 0.6 is 11.6 Å². The zero-order valence-corrected chi connectivity index (χ0v) is 18.9. The first-order valence-corrected chi connectivity index (χ1v) is 11.3. The number of hydrogen-bond donors (Lipinski definition) is 3. The van der Waals surface area contributed by atoms with Crippen LogP contribution in [-0.4, -0.2) is 35.4 Å².